The average molecular weight is 398 g/mol. The molecule has 0 fully saturated rings. The molecule has 0 atom stereocenters. The fourth-order valence-corrected chi connectivity index (χ4v) is 3.51. The Morgan fingerprint density at radius 3 is 2.93 bits per heavy atom. The molecule has 1 N–H and O–H groups in total. The number of carbonyl (C=O) groups excluding carboxylic acids is 1. The standard InChI is InChI=1S/C21H20ClN3O3/c22-16-8-3-7-15(11-16)21-24-20(28-25-21)12-23-19(26)13-27-18-10-4-6-14-5-1-2-9-17(14)18/h3-4,6-8,10-11H,1-2,5,9,12-13H2,(H,23,26). The molecule has 0 unspecified atom stereocenters. The van der Waals surface area contributed by atoms with E-state index in [9.17, 15) is 4.79 Å². The van der Waals surface area contributed by atoms with Crippen molar-refractivity contribution in [2.24, 2.45) is 0 Å². The lowest BCUT2D eigenvalue weighted by atomic mass is 9.91. The fraction of sp³-hybridized carbons (Fsp3) is 0.286. The summed E-state index contributed by atoms with van der Waals surface area (Å²) < 4.78 is 10.9. The molecule has 0 bridgehead atoms. The highest BCUT2D eigenvalue weighted by Crippen LogP contribution is 2.29. The van der Waals surface area contributed by atoms with Gasteiger partial charge in [0.1, 0.15) is 5.75 Å². The maximum absolute atomic E-state index is 12.1. The third-order valence-electron chi connectivity index (χ3n) is 4.70. The second-order valence-electron chi connectivity index (χ2n) is 6.69. The lowest BCUT2D eigenvalue weighted by molar-refractivity contribution is -0.123. The Hall–Kier alpha value is -2.86. The van der Waals surface area contributed by atoms with Gasteiger partial charge in [-0.3, -0.25) is 4.79 Å². The summed E-state index contributed by atoms with van der Waals surface area (Å²) in [5, 5.41) is 7.25. The van der Waals surface area contributed by atoms with Gasteiger partial charge in [-0.25, -0.2) is 0 Å². The topological polar surface area (TPSA) is 77.2 Å². The lowest BCUT2D eigenvalue weighted by Crippen LogP contribution is -2.28. The molecule has 0 saturated carbocycles. The van der Waals surface area contributed by atoms with Gasteiger partial charge in [-0.15, -0.1) is 0 Å². The molecular formula is C21H20ClN3O3. The number of amides is 1. The second-order valence-corrected chi connectivity index (χ2v) is 7.12. The fourth-order valence-electron chi connectivity index (χ4n) is 3.32. The number of nitrogens with zero attached hydrogens (tertiary/aromatic N) is 2. The number of benzene rings is 2. The zero-order valence-electron chi connectivity index (χ0n) is 15.3. The quantitative estimate of drug-likeness (QED) is 0.681. The molecule has 0 radical (unpaired) electrons. The monoisotopic (exact) mass is 397 g/mol. The van der Waals surface area contributed by atoms with Crippen LogP contribution < -0.4 is 10.1 Å². The average Bonchev–Trinajstić information content (AvgIpc) is 3.20. The number of rotatable bonds is 6. The van der Waals surface area contributed by atoms with Crippen LogP contribution in [0.25, 0.3) is 11.4 Å². The van der Waals surface area contributed by atoms with E-state index in [1.165, 1.54) is 17.5 Å². The predicted octanol–water partition coefficient (Wildman–Crippen LogP) is 3.96. The Bertz CT molecular complexity index is 987. The number of aryl methyl sites for hydroxylation is 1. The zero-order chi connectivity index (χ0) is 19.3. The lowest BCUT2D eigenvalue weighted by Gasteiger charge is -2.19. The van der Waals surface area contributed by atoms with Crippen molar-refractivity contribution >= 4 is 17.5 Å². The van der Waals surface area contributed by atoms with Crippen LogP contribution in [0.2, 0.25) is 5.02 Å². The van der Waals surface area contributed by atoms with Crippen LogP contribution in [-0.4, -0.2) is 22.7 Å². The molecule has 6 nitrogen and oxygen atoms in total. The number of halogens is 1. The Morgan fingerprint density at radius 2 is 2.04 bits per heavy atom. The summed E-state index contributed by atoms with van der Waals surface area (Å²) in [7, 11) is 0. The van der Waals surface area contributed by atoms with E-state index in [2.05, 4.69) is 21.5 Å². The zero-order valence-corrected chi connectivity index (χ0v) is 16.0. The van der Waals surface area contributed by atoms with Crippen molar-refractivity contribution in [3.8, 4) is 17.1 Å². The maximum Gasteiger partial charge on any atom is 0.258 e. The minimum Gasteiger partial charge on any atom is -0.483 e. The van der Waals surface area contributed by atoms with Gasteiger partial charge in [-0.05, 0) is 55.0 Å². The first-order valence-electron chi connectivity index (χ1n) is 9.28. The molecule has 0 spiro atoms. The van der Waals surface area contributed by atoms with E-state index in [0.717, 1.165) is 30.6 Å². The molecule has 4 rings (SSSR count). The minimum absolute atomic E-state index is 0.0499. The third kappa shape index (κ3) is 4.34. The van der Waals surface area contributed by atoms with Crippen molar-refractivity contribution in [3.63, 3.8) is 0 Å². The summed E-state index contributed by atoms with van der Waals surface area (Å²) in [6.07, 6.45) is 4.44. The maximum atomic E-state index is 12.1. The normalized spacial score (nSPS) is 13.0. The molecule has 0 saturated heterocycles. The van der Waals surface area contributed by atoms with Gasteiger partial charge in [0.15, 0.2) is 6.61 Å². The highest BCUT2D eigenvalue weighted by molar-refractivity contribution is 6.30. The molecule has 1 heterocycles. The van der Waals surface area contributed by atoms with Crippen LogP contribution in [-0.2, 0) is 24.2 Å². The first kappa shape index (κ1) is 18.5. The van der Waals surface area contributed by atoms with Crippen molar-refractivity contribution in [2.45, 2.75) is 32.2 Å². The van der Waals surface area contributed by atoms with Crippen molar-refractivity contribution in [1.29, 1.82) is 0 Å². The van der Waals surface area contributed by atoms with E-state index in [1.54, 1.807) is 12.1 Å². The van der Waals surface area contributed by atoms with Gasteiger partial charge in [0.05, 0.1) is 6.54 Å². The SMILES string of the molecule is O=C(COc1cccc2c1CCCC2)NCc1nc(-c2cccc(Cl)c2)no1. The first-order valence-corrected chi connectivity index (χ1v) is 9.65. The Balaban J connectivity index is 1.31. The van der Waals surface area contributed by atoms with Gasteiger partial charge in [0.25, 0.3) is 5.91 Å². The number of aromatic nitrogens is 2. The van der Waals surface area contributed by atoms with Crippen LogP contribution in [0, 0.1) is 0 Å². The molecule has 28 heavy (non-hydrogen) atoms. The van der Waals surface area contributed by atoms with Gasteiger partial charge in [-0.2, -0.15) is 4.98 Å². The van der Waals surface area contributed by atoms with E-state index < -0.39 is 0 Å². The van der Waals surface area contributed by atoms with Crippen LogP contribution in [0.5, 0.6) is 5.75 Å². The van der Waals surface area contributed by atoms with E-state index in [1.807, 2.05) is 24.3 Å². The van der Waals surface area contributed by atoms with Gasteiger partial charge in [-0.1, -0.05) is 41.0 Å². The molecule has 7 heteroatoms. The van der Waals surface area contributed by atoms with Crippen LogP contribution in [0.15, 0.2) is 47.0 Å². The van der Waals surface area contributed by atoms with Gasteiger partial charge >= 0.3 is 0 Å². The van der Waals surface area contributed by atoms with Gasteiger partial charge in [0.2, 0.25) is 11.7 Å². The van der Waals surface area contributed by atoms with Crippen LogP contribution in [0.1, 0.15) is 29.9 Å². The summed E-state index contributed by atoms with van der Waals surface area (Å²) in [4.78, 5) is 16.4. The Kier molecular flexibility index (Phi) is 5.58. The molecule has 1 amide bonds. The predicted molar refractivity (Wildman–Crippen MR) is 105 cm³/mol. The molecular weight excluding hydrogens is 378 g/mol. The molecule has 3 aromatic rings. The van der Waals surface area contributed by atoms with Crippen LogP contribution >= 0.6 is 11.6 Å². The minimum atomic E-state index is -0.240. The highest BCUT2D eigenvalue weighted by Gasteiger charge is 2.15. The number of hydrogen-bond donors (Lipinski definition) is 1. The molecule has 0 aliphatic heterocycles. The number of hydrogen-bond acceptors (Lipinski definition) is 5. The third-order valence-corrected chi connectivity index (χ3v) is 4.93. The summed E-state index contributed by atoms with van der Waals surface area (Å²) in [6.45, 7) is 0.0917. The molecule has 1 aliphatic carbocycles. The number of ether oxygens (including phenoxy) is 1. The number of nitrogens with one attached hydrogen (secondary N) is 1. The second kappa shape index (κ2) is 8.44. The summed E-state index contributed by atoms with van der Waals surface area (Å²) in [5.41, 5.74) is 3.30. The van der Waals surface area contributed by atoms with E-state index in [0.29, 0.717) is 16.7 Å². The van der Waals surface area contributed by atoms with Crippen LogP contribution in [0.4, 0.5) is 0 Å². The molecule has 2 aromatic carbocycles. The van der Waals surface area contributed by atoms with Crippen LogP contribution in [0.3, 0.4) is 0 Å². The summed E-state index contributed by atoms with van der Waals surface area (Å²) in [5.74, 6) is 1.31. The Labute approximate surface area is 167 Å². The summed E-state index contributed by atoms with van der Waals surface area (Å²) >= 11 is 5.98. The van der Waals surface area contributed by atoms with Gasteiger partial charge < -0.3 is 14.6 Å². The molecule has 144 valence electrons. The van der Waals surface area contributed by atoms with Crippen molar-refractivity contribution in [2.75, 3.05) is 6.61 Å². The van der Waals surface area contributed by atoms with Crippen molar-refractivity contribution in [1.82, 2.24) is 15.5 Å². The smallest absolute Gasteiger partial charge is 0.258 e. The largest absolute Gasteiger partial charge is 0.483 e. The van der Waals surface area contributed by atoms with Gasteiger partial charge in [0, 0.05) is 10.6 Å². The number of carbonyl (C=O) groups is 1. The highest BCUT2D eigenvalue weighted by atomic mass is 35.5. The molecule has 1 aromatic heterocycles. The Morgan fingerprint density at radius 1 is 1.18 bits per heavy atom. The number of fused-ring (bicyclic) bond motifs is 1. The molecule has 1 aliphatic rings. The van der Waals surface area contributed by atoms with E-state index >= 15 is 0 Å². The van der Waals surface area contributed by atoms with Crippen molar-refractivity contribution in [3.05, 3.63) is 64.5 Å². The van der Waals surface area contributed by atoms with E-state index in [-0.39, 0.29) is 19.1 Å². The first-order chi connectivity index (χ1) is 13.7. The van der Waals surface area contributed by atoms with E-state index in [4.69, 9.17) is 20.9 Å². The van der Waals surface area contributed by atoms with Crippen molar-refractivity contribution < 1.29 is 14.1 Å². The summed E-state index contributed by atoms with van der Waals surface area (Å²) in [6, 6.07) is 13.2.